The molecule has 0 saturated heterocycles. The van der Waals surface area contributed by atoms with Crippen LogP contribution in [0, 0.1) is 34.9 Å². The molecule has 0 aliphatic carbocycles. The van der Waals surface area contributed by atoms with Crippen LogP contribution < -0.4 is 0 Å². The van der Waals surface area contributed by atoms with Crippen LogP contribution in [0.5, 0.6) is 0 Å². The summed E-state index contributed by atoms with van der Waals surface area (Å²) in [5, 5.41) is 0. The molecule has 0 spiro atoms. The van der Waals surface area contributed by atoms with Crippen molar-refractivity contribution >= 4 is 0 Å². The maximum absolute atomic E-state index is 13.8. The van der Waals surface area contributed by atoms with E-state index >= 15 is 0 Å². The van der Waals surface area contributed by atoms with Gasteiger partial charge in [0, 0.05) is 0 Å². The third-order valence-corrected chi connectivity index (χ3v) is 3.12. The van der Waals surface area contributed by atoms with E-state index in [0.717, 1.165) is 12.1 Å². The molecule has 2 aromatic carbocycles. The Labute approximate surface area is 117 Å². The quantitative estimate of drug-likeness (QED) is 0.400. The van der Waals surface area contributed by atoms with Crippen LogP contribution in [0.25, 0.3) is 11.1 Å². The van der Waals surface area contributed by atoms with Gasteiger partial charge in [-0.1, -0.05) is 19.9 Å². The first kappa shape index (κ1) is 15.4. The number of hydrogen-bond acceptors (Lipinski definition) is 0. The van der Waals surface area contributed by atoms with Crippen LogP contribution in [0.15, 0.2) is 18.2 Å². The van der Waals surface area contributed by atoms with Gasteiger partial charge < -0.3 is 0 Å². The highest BCUT2D eigenvalue weighted by Crippen LogP contribution is 2.36. The van der Waals surface area contributed by atoms with Crippen LogP contribution in [0.3, 0.4) is 0 Å². The Bertz CT molecular complexity index is 677. The Morgan fingerprint density at radius 3 is 1.67 bits per heavy atom. The van der Waals surface area contributed by atoms with Crippen LogP contribution in [-0.4, -0.2) is 0 Å². The molecule has 2 aromatic rings. The lowest BCUT2D eigenvalue weighted by Crippen LogP contribution is -2.06. The number of rotatable bonds is 2. The van der Waals surface area contributed by atoms with Gasteiger partial charge in [0.05, 0.1) is 5.56 Å². The molecule has 21 heavy (non-hydrogen) atoms. The van der Waals surface area contributed by atoms with Crippen molar-refractivity contribution in [3.8, 4) is 11.1 Å². The predicted molar refractivity (Wildman–Crippen MR) is 65.7 cm³/mol. The molecule has 0 N–H and O–H groups in total. The minimum absolute atomic E-state index is 0.277. The van der Waals surface area contributed by atoms with Crippen molar-refractivity contribution in [1.29, 1.82) is 0 Å². The van der Waals surface area contributed by atoms with Gasteiger partial charge in [0.1, 0.15) is 5.82 Å². The largest absolute Gasteiger partial charge is 0.207 e. The van der Waals surface area contributed by atoms with E-state index in [2.05, 4.69) is 0 Å². The summed E-state index contributed by atoms with van der Waals surface area (Å²) >= 11 is 0. The lowest BCUT2D eigenvalue weighted by atomic mass is 9.91. The van der Waals surface area contributed by atoms with Gasteiger partial charge >= 0.3 is 0 Å². The van der Waals surface area contributed by atoms with Gasteiger partial charge in [-0.15, -0.1) is 0 Å². The molecular weight excluding hydrogens is 294 g/mol. The van der Waals surface area contributed by atoms with Crippen LogP contribution in [0.1, 0.15) is 25.3 Å². The highest BCUT2D eigenvalue weighted by molar-refractivity contribution is 5.69. The van der Waals surface area contributed by atoms with E-state index in [1.165, 1.54) is 6.07 Å². The normalized spacial score (nSPS) is 11.3. The fourth-order valence-corrected chi connectivity index (χ4v) is 2.09. The van der Waals surface area contributed by atoms with Gasteiger partial charge in [-0.2, -0.15) is 0 Å². The fraction of sp³-hybridized carbons (Fsp3) is 0.200. The molecular formula is C15H10F6. The van der Waals surface area contributed by atoms with Crippen molar-refractivity contribution in [1.82, 2.24) is 0 Å². The zero-order valence-corrected chi connectivity index (χ0v) is 11.1. The summed E-state index contributed by atoms with van der Waals surface area (Å²) in [6, 6.07) is 3.08. The lowest BCUT2D eigenvalue weighted by molar-refractivity contribution is 0.381. The molecule has 112 valence electrons. The highest BCUT2D eigenvalue weighted by Gasteiger charge is 2.28. The summed E-state index contributed by atoms with van der Waals surface area (Å²) in [6.07, 6.45) is 0. The van der Waals surface area contributed by atoms with Gasteiger partial charge in [-0.3, -0.25) is 0 Å². The minimum Gasteiger partial charge on any atom is -0.207 e. The van der Waals surface area contributed by atoms with E-state index in [0.29, 0.717) is 0 Å². The molecule has 0 heterocycles. The first-order valence-corrected chi connectivity index (χ1v) is 6.07. The standard InChI is InChI=1S/C15H10F6/c1-6(2)8-4-3-7(16)5-9(8)10-11(17)13(19)15(21)14(20)12(10)18/h3-6H,1-2H3. The van der Waals surface area contributed by atoms with E-state index in [-0.39, 0.29) is 17.0 Å². The van der Waals surface area contributed by atoms with E-state index in [4.69, 9.17) is 0 Å². The highest BCUT2D eigenvalue weighted by atomic mass is 19.2. The third-order valence-electron chi connectivity index (χ3n) is 3.12. The van der Waals surface area contributed by atoms with E-state index in [1.54, 1.807) is 13.8 Å². The summed E-state index contributed by atoms with van der Waals surface area (Å²) in [5.74, 6) is -11.4. The molecule has 0 bridgehead atoms. The number of benzene rings is 2. The summed E-state index contributed by atoms with van der Waals surface area (Å²) in [5.41, 5.74) is -1.19. The summed E-state index contributed by atoms with van der Waals surface area (Å²) in [4.78, 5) is 0. The second-order valence-electron chi connectivity index (χ2n) is 4.83. The molecule has 0 radical (unpaired) electrons. The topological polar surface area (TPSA) is 0 Å². The van der Waals surface area contributed by atoms with E-state index < -0.39 is 40.5 Å². The maximum atomic E-state index is 13.8. The van der Waals surface area contributed by atoms with Crippen LogP contribution in [0.4, 0.5) is 26.3 Å². The molecule has 0 saturated carbocycles. The second-order valence-corrected chi connectivity index (χ2v) is 4.83. The monoisotopic (exact) mass is 304 g/mol. The van der Waals surface area contributed by atoms with E-state index in [9.17, 15) is 26.3 Å². The van der Waals surface area contributed by atoms with Crippen molar-refractivity contribution in [2.75, 3.05) is 0 Å². The number of hydrogen-bond donors (Lipinski definition) is 0. The average molecular weight is 304 g/mol. The van der Waals surface area contributed by atoms with Crippen LogP contribution >= 0.6 is 0 Å². The predicted octanol–water partition coefficient (Wildman–Crippen LogP) is 5.31. The van der Waals surface area contributed by atoms with Crippen molar-refractivity contribution in [2.45, 2.75) is 19.8 Å². The molecule has 0 nitrogen and oxygen atoms in total. The molecule has 0 aliphatic heterocycles. The SMILES string of the molecule is CC(C)c1ccc(F)cc1-c1c(F)c(F)c(F)c(F)c1F. The first-order chi connectivity index (χ1) is 9.75. The van der Waals surface area contributed by atoms with Gasteiger partial charge in [-0.25, -0.2) is 26.3 Å². The fourth-order valence-electron chi connectivity index (χ4n) is 2.09. The zero-order valence-electron chi connectivity index (χ0n) is 11.1. The van der Waals surface area contributed by atoms with Crippen molar-refractivity contribution in [3.05, 3.63) is 58.7 Å². The Kier molecular flexibility index (Phi) is 3.98. The van der Waals surface area contributed by atoms with Gasteiger partial charge in [0.2, 0.25) is 5.82 Å². The Balaban J connectivity index is 2.88. The molecule has 0 atom stereocenters. The molecule has 6 heteroatoms. The molecule has 0 aromatic heterocycles. The molecule has 0 amide bonds. The van der Waals surface area contributed by atoms with Gasteiger partial charge in [-0.05, 0) is 29.2 Å². The van der Waals surface area contributed by atoms with Gasteiger partial charge in [0.15, 0.2) is 23.3 Å². The summed E-state index contributed by atoms with van der Waals surface area (Å²) in [6.45, 7) is 3.31. The summed E-state index contributed by atoms with van der Waals surface area (Å²) < 4.78 is 80.6. The third kappa shape index (κ3) is 2.50. The van der Waals surface area contributed by atoms with Crippen LogP contribution in [-0.2, 0) is 0 Å². The smallest absolute Gasteiger partial charge is 0.200 e. The minimum atomic E-state index is -2.24. The first-order valence-electron chi connectivity index (χ1n) is 6.07. The lowest BCUT2D eigenvalue weighted by Gasteiger charge is -2.15. The number of halogens is 6. The van der Waals surface area contributed by atoms with Crippen molar-refractivity contribution < 1.29 is 26.3 Å². The zero-order chi connectivity index (χ0) is 15.9. The Hall–Kier alpha value is -1.98. The Morgan fingerprint density at radius 2 is 1.19 bits per heavy atom. The van der Waals surface area contributed by atoms with Crippen molar-refractivity contribution in [3.63, 3.8) is 0 Å². The maximum Gasteiger partial charge on any atom is 0.200 e. The molecule has 0 unspecified atom stereocenters. The van der Waals surface area contributed by atoms with Crippen LogP contribution in [0.2, 0.25) is 0 Å². The molecule has 0 fully saturated rings. The molecule has 0 aliphatic rings. The second kappa shape index (κ2) is 5.42. The Morgan fingerprint density at radius 1 is 0.714 bits per heavy atom. The molecule has 2 rings (SSSR count). The van der Waals surface area contributed by atoms with Gasteiger partial charge in [0.25, 0.3) is 0 Å². The average Bonchev–Trinajstić information content (AvgIpc) is 2.43. The van der Waals surface area contributed by atoms with Crippen molar-refractivity contribution in [2.24, 2.45) is 0 Å². The summed E-state index contributed by atoms with van der Waals surface area (Å²) in [7, 11) is 0. The van der Waals surface area contributed by atoms with E-state index in [1.807, 2.05) is 0 Å².